The molecular weight excluding hydrogens is 363 g/mol. The zero-order chi connectivity index (χ0) is 18.5. The molecule has 0 N–H and O–H groups in total. The van der Waals surface area contributed by atoms with E-state index in [1.807, 2.05) is 5.38 Å². The van der Waals surface area contributed by atoms with Crippen LogP contribution in [0.1, 0.15) is 10.6 Å². The number of hydrogen-bond acceptors (Lipinski definition) is 4. The number of rotatable bonds is 6. The summed E-state index contributed by atoms with van der Waals surface area (Å²) in [4.78, 5) is 4.48. The van der Waals surface area contributed by atoms with Crippen LogP contribution in [0.25, 0.3) is 23.4 Å². The average molecular weight is 377 g/mol. The molecule has 0 radical (unpaired) electrons. The van der Waals surface area contributed by atoms with Gasteiger partial charge in [0.1, 0.15) is 10.8 Å². The Morgan fingerprint density at radius 3 is 2.50 bits per heavy atom. The number of halogens is 3. The SMILES string of the molecule is COc1cc(C=Cc2nc(-c3ccc(F)cc3)cs2)ccc1OC(F)F. The van der Waals surface area contributed by atoms with Crippen LogP contribution >= 0.6 is 11.3 Å². The van der Waals surface area contributed by atoms with Crippen LogP contribution in [-0.2, 0) is 0 Å². The van der Waals surface area contributed by atoms with Crippen molar-refractivity contribution in [3.63, 3.8) is 0 Å². The van der Waals surface area contributed by atoms with Gasteiger partial charge in [-0.25, -0.2) is 9.37 Å². The van der Waals surface area contributed by atoms with Crippen LogP contribution in [0.15, 0.2) is 47.8 Å². The molecule has 0 amide bonds. The van der Waals surface area contributed by atoms with Crippen molar-refractivity contribution in [2.75, 3.05) is 7.11 Å². The van der Waals surface area contributed by atoms with Crippen molar-refractivity contribution in [2.24, 2.45) is 0 Å². The smallest absolute Gasteiger partial charge is 0.387 e. The first-order valence-electron chi connectivity index (χ1n) is 7.57. The summed E-state index contributed by atoms with van der Waals surface area (Å²) >= 11 is 1.44. The van der Waals surface area contributed by atoms with Gasteiger partial charge in [-0.1, -0.05) is 12.1 Å². The summed E-state index contributed by atoms with van der Waals surface area (Å²) in [7, 11) is 1.39. The quantitative estimate of drug-likeness (QED) is 0.550. The second kappa shape index (κ2) is 8.05. The lowest BCUT2D eigenvalue weighted by Gasteiger charge is -2.10. The van der Waals surface area contributed by atoms with Gasteiger partial charge >= 0.3 is 6.61 Å². The maximum Gasteiger partial charge on any atom is 0.387 e. The third-order valence-electron chi connectivity index (χ3n) is 3.48. The molecule has 1 aromatic heterocycles. The van der Waals surface area contributed by atoms with Crippen LogP contribution in [0.5, 0.6) is 11.5 Å². The Morgan fingerprint density at radius 2 is 1.81 bits per heavy atom. The van der Waals surface area contributed by atoms with E-state index < -0.39 is 6.61 Å². The highest BCUT2D eigenvalue weighted by molar-refractivity contribution is 7.10. The van der Waals surface area contributed by atoms with Crippen LogP contribution in [0, 0.1) is 5.82 Å². The Bertz CT molecular complexity index is 907. The highest BCUT2D eigenvalue weighted by Crippen LogP contribution is 2.30. The molecule has 0 saturated carbocycles. The Balaban J connectivity index is 1.76. The van der Waals surface area contributed by atoms with E-state index in [4.69, 9.17) is 4.74 Å². The Labute approximate surface area is 152 Å². The zero-order valence-corrected chi connectivity index (χ0v) is 14.5. The first-order valence-corrected chi connectivity index (χ1v) is 8.45. The van der Waals surface area contributed by atoms with E-state index in [0.717, 1.165) is 21.8 Å². The van der Waals surface area contributed by atoms with Crippen molar-refractivity contribution in [3.05, 3.63) is 64.2 Å². The van der Waals surface area contributed by atoms with Gasteiger partial charge in [-0.3, -0.25) is 0 Å². The first-order chi connectivity index (χ1) is 12.5. The number of thiazole rings is 1. The molecule has 0 saturated heterocycles. The molecule has 134 valence electrons. The number of aromatic nitrogens is 1. The summed E-state index contributed by atoms with van der Waals surface area (Å²) in [5.74, 6) is -0.0941. The Hall–Kier alpha value is -2.80. The van der Waals surface area contributed by atoms with Gasteiger partial charge in [0.25, 0.3) is 0 Å². The van der Waals surface area contributed by atoms with Gasteiger partial charge in [-0.05, 0) is 48.0 Å². The second-order valence-corrected chi connectivity index (χ2v) is 6.09. The summed E-state index contributed by atoms with van der Waals surface area (Å²) in [5.41, 5.74) is 2.34. The van der Waals surface area contributed by atoms with Gasteiger partial charge in [0.15, 0.2) is 11.5 Å². The molecule has 0 fully saturated rings. The minimum atomic E-state index is -2.91. The van der Waals surface area contributed by atoms with Crippen LogP contribution in [0.4, 0.5) is 13.2 Å². The number of nitrogens with zero attached hydrogens (tertiary/aromatic N) is 1. The molecule has 0 spiro atoms. The lowest BCUT2D eigenvalue weighted by molar-refractivity contribution is -0.0512. The van der Waals surface area contributed by atoms with Gasteiger partial charge in [-0.2, -0.15) is 8.78 Å². The zero-order valence-electron chi connectivity index (χ0n) is 13.7. The summed E-state index contributed by atoms with van der Waals surface area (Å²) in [5, 5.41) is 2.64. The molecule has 3 rings (SSSR count). The normalized spacial score (nSPS) is 11.3. The number of hydrogen-bond donors (Lipinski definition) is 0. The Kier molecular flexibility index (Phi) is 5.58. The average Bonchev–Trinajstić information content (AvgIpc) is 3.10. The van der Waals surface area contributed by atoms with E-state index in [0.29, 0.717) is 0 Å². The molecule has 3 aromatic rings. The molecule has 1 heterocycles. The fourth-order valence-electron chi connectivity index (χ4n) is 2.27. The first kappa shape index (κ1) is 18.0. The maximum absolute atomic E-state index is 13.0. The molecule has 26 heavy (non-hydrogen) atoms. The summed E-state index contributed by atoms with van der Waals surface area (Å²) < 4.78 is 47.2. The Morgan fingerprint density at radius 1 is 1.04 bits per heavy atom. The van der Waals surface area contributed by atoms with Crippen LogP contribution < -0.4 is 9.47 Å². The standard InChI is InChI=1S/C19H14F3NO2S/c1-24-17-10-12(2-8-16(17)25-19(21)22)3-9-18-23-15(11-26-18)13-4-6-14(20)7-5-13/h2-11,19H,1H3. The number of methoxy groups -OCH3 is 1. The molecule has 0 unspecified atom stereocenters. The molecule has 0 aliphatic carbocycles. The molecule has 2 aromatic carbocycles. The summed E-state index contributed by atoms with van der Waals surface area (Å²) in [6, 6.07) is 10.8. The minimum absolute atomic E-state index is 0.0208. The minimum Gasteiger partial charge on any atom is -0.493 e. The number of alkyl halides is 2. The van der Waals surface area contributed by atoms with Crippen molar-refractivity contribution in [1.82, 2.24) is 4.98 Å². The second-order valence-electron chi connectivity index (χ2n) is 5.20. The van der Waals surface area contributed by atoms with Crippen molar-refractivity contribution < 1.29 is 22.6 Å². The van der Waals surface area contributed by atoms with Gasteiger partial charge in [0.2, 0.25) is 0 Å². The van der Waals surface area contributed by atoms with E-state index >= 15 is 0 Å². The van der Waals surface area contributed by atoms with E-state index in [-0.39, 0.29) is 17.3 Å². The van der Waals surface area contributed by atoms with Crippen molar-refractivity contribution in [1.29, 1.82) is 0 Å². The van der Waals surface area contributed by atoms with Crippen molar-refractivity contribution in [2.45, 2.75) is 6.61 Å². The van der Waals surface area contributed by atoms with Crippen molar-refractivity contribution in [3.8, 4) is 22.8 Å². The molecule has 7 heteroatoms. The van der Waals surface area contributed by atoms with E-state index in [9.17, 15) is 13.2 Å². The monoisotopic (exact) mass is 377 g/mol. The van der Waals surface area contributed by atoms with E-state index in [1.54, 1.807) is 36.4 Å². The fourth-order valence-corrected chi connectivity index (χ4v) is 2.98. The fraction of sp³-hybridized carbons (Fsp3) is 0.105. The topological polar surface area (TPSA) is 31.4 Å². The van der Waals surface area contributed by atoms with Crippen LogP contribution in [-0.4, -0.2) is 18.7 Å². The maximum atomic E-state index is 13.0. The molecule has 0 aliphatic rings. The van der Waals surface area contributed by atoms with Gasteiger partial charge in [0.05, 0.1) is 12.8 Å². The molecule has 0 atom stereocenters. The lowest BCUT2D eigenvalue weighted by atomic mass is 10.2. The molecule has 0 aliphatic heterocycles. The summed E-state index contributed by atoms with van der Waals surface area (Å²) in [6.07, 6.45) is 3.60. The van der Waals surface area contributed by atoms with Crippen LogP contribution in [0.3, 0.4) is 0 Å². The largest absolute Gasteiger partial charge is 0.493 e. The molecule has 0 bridgehead atoms. The number of benzene rings is 2. The molecule has 3 nitrogen and oxygen atoms in total. The van der Waals surface area contributed by atoms with E-state index in [1.165, 1.54) is 36.6 Å². The highest BCUT2D eigenvalue weighted by atomic mass is 32.1. The third-order valence-corrected chi connectivity index (χ3v) is 4.29. The van der Waals surface area contributed by atoms with E-state index in [2.05, 4.69) is 9.72 Å². The number of ether oxygens (including phenoxy) is 2. The van der Waals surface area contributed by atoms with Crippen LogP contribution in [0.2, 0.25) is 0 Å². The lowest BCUT2D eigenvalue weighted by Crippen LogP contribution is -2.03. The summed E-state index contributed by atoms with van der Waals surface area (Å²) in [6.45, 7) is -2.91. The van der Waals surface area contributed by atoms with Gasteiger partial charge < -0.3 is 9.47 Å². The van der Waals surface area contributed by atoms with Crippen molar-refractivity contribution >= 4 is 23.5 Å². The highest BCUT2D eigenvalue weighted by Gasteiger charge is 2.10. The predicted octanol–water partition coefficient (Wildman–Crippen LogP) is 5.73. The molecular formula is C19H14F3NO2S. The van der Waals surface area contributed by atoms with Gasteiger partial charge in [0, 0.05) is 10.9 Å². The predicted molar refractivity (Wildman–Crippen MR) is 96.1 cm³/mol. The van der Waals surface area contributed by atoms with Gasteiger partial charge in [-0.15, -0.1) is 11.3 Å². The third kappa shape index (κ3) is 4.43.